The van der Waals surface area contributed by atoms with Crippen molar-refractivity contribution in [2.75, 3.05) is 66.6 Å². The number of piperidine rings is 1. The number of aliphatic imine (C=N–C) groups is 1. The minimum absolute atomic E-state index is 0.676. The van der Waals surface area contributed by atoms with Crippen molar-refractivity contribution in [1.82, 2.24) is 25.4 Å². The summed E-state index contributed by atoms with van der Waals surface area (Å²) < 4.78 is 5.12. The van der Waals surface area contributed by atoms with Gasteiger partial charge >= 0.3 is 0 Å². The van der Waals surface area contributed by atoms with E-state index in [1.165, 1.54) is 18.5 Å². The highest BCUT2D eigenvalue weighted by Gasteiger charge is 2.19. The highest BCUT2D eigenvalue weighted by atomic mass is 32.1. The quantitative estimate of drug-likeness (QED) is 0.305. The Balaban J connectivity index is 1.66. The Morgan fingerprint density at radius 1 is 1.34 bits per heavy atom. The number of thiazole rings is 1. The van der Waals surface area contributed by atoms with Crippen LogP contribution in [0.15, 0.2) is 10.4 Å². The molecule has 1 saturated heterocycles. The lowest BCUT2D eigenvalue weighted by molar-refractivity contribution is 0.179. The molecule has 166 valence electrons. The molecular weight excluding hydrogens is 384 g/mol. The van der Waals surface area contributed by atoms with Gasteiger partial charge in [-0.1, -0.05) is 0 Å². The van der Waals surface area contributed by atoms with Gasteiger partial charge in [-0.15, -0.1) is 11.3 Å². The fraction of sp³-hybridized carbons (Fsp3) is 0.810. The first-order valence-corrected chi connectivity index (χ1v) is 11.8. The third-order valence-electron chi connectivity index (χ3n) is 5.29. The van der Waals surface area contributed by atoms with E-state index in [2.05, 4.69) is 51.7 Å². The average molecular weight is 425 g/mol. The van der Waals surface area contributed by atoms with E-state index in [1.807, 2.05) is 0 Å². The first kappa shape index (κ1) is 24.1. The normalized spacial score (nSPS) is 16.5. The molecule has 1 aliphatic heterocycles. The van der Waals surface area contributed by atoms with E-state index >= 15 is 0 Å². The summed E-state index contributed by atoms with van der Waals surface area (Å²) in [7, 11) is 3.91. The van der Waals surface area contributed by atoms with Crippen LogP contribution in [-0.4, -0.2) is 87.3 Å². The number of rotatable bonds is 12. The molecule has 2 N–H and O–H groups in total. The van der Waals surface area contributed by atoms with Gasteiger partial charge in [-0.2, -0.15) is 0 Å². The summed E-state index contributed by atoms with van der Waals surface area (Å²) in [5.74, 6) is 1.62. The van der Waals surface area contributed by atoms with Crippen molar-refractivity contribution in [3.05, 3.63) is 16.1 Å². The third kappa shape index (κ3) is 9.89. The van der Waals surface area contributed by atoms with E-state index < -0.39 is 0 Å². The number of likely N-dealkylation sites (N-methyl/N-ethyl adjacent to an activating group) is 1. The maximum absolute atomic E-state index is 5.12. The molecule has 0 unspecified atom stereocenters. The van der Waals surface area contributed by atoms with Crippen LogP contribution in [0.3, 0.4) is 0 Å². The fourth-order valence-electron chi connectivity index (χ4n) is 3.55. The summed E-state index contributed by atoms with van der Waals surface area (Å²) in [5, 5.41) is 10.2. The number of guanidine groups is 1. The zero-order valence-electron chi connectivity index (χ0n) is 18.7. The Kier molecular flexibility index (Phi) is 11.5. The summed E-state index contributed by atoms with van der Waals surface area (Å²) in [5.41, 5.74) is 1.22. The second-order valence-electron chi connectivity index (χ2n) is 7.87. The number of aryl methyl sites for hydroxylation is 1. The average Bonchev–Trinajstić information content (AvgIpc) is 3.12. The van der Waals surface area contributed by atoms with Crippen molar-refractivity contribution in [3.8, 4) is 0 Å². The number of likely N-dealkylation sites (tertiary alicyclic amines) is 1. The summed E-state index contributed by atoms with van der Waals surface area (Å²) in [6.45, 7) is 13.1. The number of nitrogens with one attached hydrogen (secondary N) is 2. The lowest BCUT2D eigenvalue weighted by Gasteiger charge is -2.30. The van der Waals surface area contributed by atoms with Gasteiger partial charge in [0.05, 0.1) is 10.7 Å². The Bertz CT molecular complexity index is 585. The minimum atomic E-state index is 0.676. The zero-order chi connectivity index (χ0) is 20.9. The molecule has 0 aliphatic carbocycles. The Morgan fingerprint density at radius 2 is 2.14 bits per heavy atom. The van der Waals surface area contributed by atoms with E-state index in [-0.39, 0.29) is 0 Å². The lowest BCUT2D eigenvalue weighted by atomic mass is 9.97. The second kappa shape index (κ2) is 13.9. The molecule has 2 rings (SSSR count). The third-order valence-corrected chi connectivity index (χ3v) is 6.11. The molecule has 0 spiro atoms. The van der Waals surface area contributed by atoms with Gasteiger partial charge in [-0.3, -0.25) is 9.89 Å². The second-order valence-corrected chi connectivity index (χ2v) is 8.94. The first-order valence-electron chi connectivity index (χ1n) is 10.9. The van der Waals surface area contributed by atoms with Gasteiger partial charge in [0.1, 0.15) is 0 Å². The molecular formula is C21H40N6OS. The molecule has 1 fully saturated rings. The highest BCUT2D eigenvalue weighted by Crippen LogP contribution is 2.20. The van der Waals surface area contributed by atoms with Crippen LogP contribution >= 0.6 is 11.3 Å². The molecule has 1 aromatic rings. The van der Waals surface area contributed by atoms with Crippen LogP contribution < -0.4 is 10.6 Å². The van der Waals surface area contributed by atoms with Crippen molar-refractivity contribution < 1.29 is 4.74 Å². The van der Waals surface area contributed by atoms with Gasteiger partial charge in [-0.25, -0.2) is 4.98 Å². The molecule has 0 aromatic carbocycles. The Morgan fingerprint density at radius 3 is 2.79 bits per heavy atom. The Hall–Kier alpha value is -1.22. The van der Waals surface area contributed by atoms with Gasteiger partial charge in [0.2, 0.25) is 0 Å². The molecule has 2 heterocycles. The van der Waals surface area contributed by atoms with Crippen LogP contribution in [0.4, 0.5) is 0 Å². The summed E-state index contributed by atoms with van der Waals surface area (Å²) in [4.78, 5) is 14.3. The predicted octanol–water partition coefficient (Wildman–Crippen LogP) is 2.19. The first-order chi connectivity index (χ1) is 14.1. The lowest BCUT2D eigenvalue weighted by Crippen LogP contribution is -2.41. The van der Waals surface area contributed by atoms with Crippen molar-refractivity contribution in [1.29, 1.82) is 0 Å². The van der Waals surface area contributed by atoms with Crippen molar-refractivity contribution in [2.24, 2.45) is 10.9 Å². The fourth-order valence-corrected chi connectivity index (χ4v) is 4.16. The number of aromatic nitrogens is 1. The molecule has 29 heavy (non-hydrogen) atoms. The van der Waals surface area contributed by atoms with Crippen LogP contribution in [0.1, 0.15) is 36.9 Å². The molecule has 0 amide bonds. The van der Waals surface area contributed by atoms with Gasteiger partial charge in [-0.05, 0) is 59.2 Å². The van der Waals surface area contributed by atoms with Gasteiger partial charge in [0, 0.05) is 58.4 Å². The Labute approximate surface area is 180 Å². The van der Waals surface area contributed by atoms with Crippen LogP contribution in [0.25, 0.3) is 0 Å². The molecule has 0 atom stereocenters. The maximum Gasteiger partial charge on any atom is 0.191 e. The van der Waals surface area contributed by atoms with Gasteiger partial charge in [0.25, 0.3) is 0 Å². The molecule has 1 aromatic heterocycles. The van der Waals surface area contributed by atoms with Crippen LogP contribution in [-0.2, 0) is 11.3 Å². The molecule has 8 heteroatoms. The number of methoxy groups -OCH3 is 1. The number of nitrogens with zero attached hydrogens (tertiary/aromatic N) is 4. The molecule has 1 aliphatic rings. The molecule has 0 bridgehead atoms. The van der Waals surface area contributed by atoms with E-state index in [0.29, 0.717) is 5.92 Å². The monoisotopic (exact) mass is 424 g/mol. The van der Waals surface area contributed by atoms with E-state index in [4.69, 9.17) is 9.73 Å². The van der Waals surface area contributed by atoms with E-state index in [9.17, 15) is 0 Å². The number of ether oxygens (including phenoxy) is 1. The molecule has 0 radical (unpaired) electrons. The SMILES string of the molecule is CCNC(=NCC1CCN(Cc2csc(C)n2)CC1)NCCN(C)CCCOC. The minimum Gasteiger partial charge on any atom is -0.385 e. The van der Waals surface area contributed by atoms with Crippen molar-refractivity contribution >= 4 is 17.3 Å². The molecule has 0 saturated carbocycles. The van der Waals surface area contributed by atoms with E-state index in [1.54, 1.807) is 18.4 Å². The topological polar surface area (TPSA) is 65.0 Å². The summed E-state index contributed by atoms with van der Waals surface area (Å²) >= 11 is 1.74. The smallest absolute Gasteiger partial charge is 0.191 e. The van der Waals surface area contributed by atoms with Crippen LogP contribution in [0.5, 0.6) is 0 Å². The largest absolute Gasteiger partial charge is 0.385 e. The number of hydrogen-bond donors (Lipinski definition) is 2. The predicted molar refractivity (Wildman–Crippen MR) is 123 cm³/mol. The molecule has 7 nitrogen and oxygen atoms in total. The van der Waals surface area contributed by atoms with Gasteiger partial charge in [0.15, 0.2) is 5.96 Å². The number of hydrogen-bond acceptors (Lipinski definition) is 6. The standard InChI is InChI=1S/C21H40N6OS/c1-5-22-21(23-9-13-26(3)10-6-14-28-4)24-15-19-7-11-27(12-8-19)16-20-17-29-18(2)25-20/h17,19H,5-16H2,1-4H3,(H2,22,23,24). The van der Waals surface area contributed by atoms with Crippen molar-refractivity contribution in [3.63, 3.8) is 0 Å². The van der Waals surface area contributed by atoms with E-state index in [0.717, 1.165) is 76.4 Å². The highest BCUT2D eigenvalue weighted by molar-refractivity contribution is 7.09. The van der Waals surface area contributed by atoms with Crippen LogP contribution in [0, 0.1) is 12.8 Å². The van der Waals surface area contributed by atoms with Gasteiger partial charge < -0.3 is 20.3 Å². The summed E-state index contributed by atoms with van der Waals surface area (Å²) in [6, 6.07) is 0. The van der Waals surface area contributed by atoms with Crippen LogP contribution in [0.2, 0.25) is 0 Å². The van der Waals surface area contributed by atoms with Crippen molar-refractivity contribution in [2.45, 2.75) is 39.7 Å². The summed E-state index contributed by atoms with van der Waals surface area (Å²) in [6.07, 6.45) is 3.50. The maximum atomic E-state index is 5.12. The zero-order valence-corrected chi connectivity index (χ0v) is 19.6.